The number of benzene rings is 3. The van der Waals surface area contributed by atoms with Gasteiger partial charge in [0.15, 0.2) is 5.84 Å². The normalized spacial score (nSPS) is 14.4. The third-order valence-corrected chi connectivity index (χ3v) is 9.86. The lowest BCUT2D eigenvalue weighted by molar-refractivity contribution is -0.123. The summed E-state index contributed by atoms with van der Waals surface area (Å²) >= 11 is 25.9. The molecule has 0 aliphatic carbocycles. The molecule has 10 nitrogen and oxygen atoms in total. The van der Waals surface area contributed by atoms with E-state index in [2.05, 4.69) is 33.0 Å². The molecule has 0 fully saturated rings. The van der Waals surface area contributed by atoms with Gasteiger partial charge in [0.2, 0.25) is 17.9 Å². The minimum Gasteiger partial charge on any atom is -0.326 e. The van der Waals surface area contributed by atoms with E-state index in [4.69, 9.17) is 46.4 Å². The van der Waals surface area contributed by atoms with Crippen LogP contribution in [0, 0.1) is 5.41 Å². The fraction of sp³-hybridized carbons (Fsp3) is 0.450. The first-order valence-corrected chi connectivity index (χ1v) is 20.0. The summed E-state index contributed by atoms with van der Waals surface area (Å²) in [6, 6.07) is 15.1. The highest BCUT2D eigenvalue weighted by Crippen LogP contribution is 2.40. The van der Waals surface area contributed by atoms with Crippen LogP contribution in [0.25, 0.3) is 0 Å². The van der Waals surface area contributed by atoms with E-state index in [0.29, 0.717) is 28.5 Å². The predicted octanol–water partition coefficient (Wildman–Crippen LogP) is 12.3. The summed E-state index contributed by atoms with van der Waals surface area (Å²) in [6.45, 7) is 7.70. The number of hydrogen-bond acceptors (Lipinski definition) is 7. The van der Waals surface area contributed by atoms with Crippen molar-refractivity contribution < 1.29 is 14.4 Å². The number of hydrogen-bond donors (Lipinski definition) is 2. The summed E-state index contributed by atoms with van der Waals surface area (Å²) in [6.07, 6.45) is 13.0. The highest BCUT2D eigenvalue weighted by molar-refractivity contribution is 6.43. The van der Waals surface area contributed by atoms with Crippen LogP contribution in [0.3, 0.4) is 0 Å². The molecule has 4 rings (SSSR count). The number of halogens is 4. The Morgan fingerprint density at radius 2 is 1.39 bits per heavy atom. The Balaban J connectivity index is 1.57. The lowest BCUT2D eigenvalue weighted by Gasteiger charge is -2.26. The van der Waals surface area contributed by atoms with Crippen molar-refractivity contribution in [2.24, 2.45) is 20.7 Å². The number of hydrazone groups is 1. The van der Waals surface area contributed by atoms with Gasteiger partial charge in [0.25, 0.3) is 5.91 Å². The first-order chi connectivity index (χ1) is 25.8. The fourth-order valence-corrected chi connectivity index (χ4v) is 6.85. The van der Waals surface area contributed by atoms with E-state index in [-0.39, 0.29) is 44.8 Å². The van der Waals surface area contributed by atoms with Crippen molar-refractivity contribution in [1.82, 2.24) is 5.43 Å². The van der Waals surface area contributed by atoms with Crippen LogP contribution in [0.2, 0.25) is 20.1 Å². The number of carbonyl (C=O) groups excluding carboxylic acids is 3. The number of azo groups is 1. The number of amidine groups is 1. The van der Waals surface area contributed by atoms with Crippen molar-refractivity contribution in [3.05, 3.63) is 80.8 Å². The summed E-state index contributed by atoms with van der Waals surface area (Å²) in [7, 11) is 0. The molecule has 0 spiro atoms. The molecule has 3 amide bonds. The highest BCUT2D eigenvalue weighted by atomic mass is 35.5. The maximum Gasteiger partial charge on any atom is 0.282 e. The Morgan fingerprint density at radius 3 is 1.96 bits per heavy atom. The number of para-hydroxylation sites is 1. The van der Waals surface area contributed by atoms with E-state index in [9.17, 15) is 14.4 Å². The third kappa shape index (κ3) is 12.4. The van der Waals surface area contributed by atoms with Gasteiger partial charge in [-0.1, -0.05) is 150 Å². The Kier molecular flexibility index (Phi) is 16.6. The second-order valence-corrected chi connectivity index (χ2v) is 16.0. The number of carbonyl (C=O) groups is 3. The number of nitrogens with zero attached hydrogens (tertiary/aromatic N) is 5. The summed E-state index contributed by atoms with van der Waals surface area (Å²) in [5.74, 6) is -1.05. The van der Waals surface area contributed by atoms with E-state index in [1.54, 1.807) is 48.5 Å². The molecule has 1 aliphatic rings. The van der Waals surface area contributed by atoms with Gasteiger partial charge in [-0.3, -0.25) is 19.8 Å². The second kappa shape index (κ2) is 20.8. The maximum absolute atomic E-state index is 14.2. The number of hydrazine groups is 1. The molecule has 1 aliphatic heterocycles. The number of rotatable bonds is 17. The molecule has 0 saturated carbocycles. The van der Waals surface area contributed by atoms with Crippen LogP contribution < -0.4 is 20.8 Å². The van der Waals surface area contributed by atoms with Crippen molar-refractivity contribution in [1.29, 1.82) is 0 Å². The zero-order chi connectivity index (χ0) is 39.3. The first-order valence-electron chi connectivity index (χ1n) is 18.5. The van der Waals surface area contributed by atoms with Crippen molar-refractivity contribution >= 4 is 92.7 Å². The quantitative estimate of drug-likeness (QED) is 0.0801. The highest BCUT2D eigenvalue weighted by Gasteiger charge is 2.43. The topological polar surface area (TPSA) is 119 Å². The Hall–Kier alpha value is -3.70. The molecule has 0 saturated heterocycles. The van der Waals surface area contributed by atoms with Crippen LogP contribution >= 0.6 is 46.4 Å². The molecular weight excluding hydrogens is 768 g/mol. The molecule has 3 aromatic carbocycles. The maximum atomic E-state index is 14.2. The molecule has 1 atom stereocenters. The molecule has 0 bridgehead atoms. The average Bonchev–Trinajstić information content (AvgIpc) is 3.43. The smallest absolute Gasteiger partial charge is 0.282 e. The van der Waals surface area contributed by atoms with Gasteiger partial charge in [-0.15, -0.1) is 5.10 Å². The molecular formula is C40H49Cl4N7O3. The van der Waals surface area contributed by atoms with Crippen LogP contribution in [0.4, 0.5) is 22.7 Å². The molecule has 1 unspecified atom stereocenters. The fourth-order valence-electron chi connectivity index (χ4n) is 5.66. The van der Waals surface area contributed by atoms with Crippen molar-refractivity contribution in [3.8, 4) is 0 Å². The zero-order valence-electron chi connectivity index (χ0n) is 31.3. The minimum atomic E-state index is -1.35. The molecule has 290 valence electrons. The van der Waals surface area contributed by atoms with E-state index < -0.39 is 17.4 Å². The lowest BCUT2D eigenvalue weighted by atomic mass is 9.95. The number of unbranched alkanes of at least 4 members (excludes halogenated alkanes) is 10. The van der Waals surface area contributed by atoms with E-state index >= 15 is 0 Å². The van der Waals surface area contributed by atoms with Gasteiger partial charge >= 0.3 is 0 Å². The average molecular weight is 818 g/mol. The Bertz CT molecular complexity index is 1790. The molecule has 54 heavy (non-hydrogen) atoms. The van der Waals surface area contributed by atoms with Gasteiger partial charge in [-0.25, -0.2) is 5.01 Å². The summed E-state index contributed by atoms with van der Waals surface area (Å²) in [5.41, 5.74) is 3.79. The molecule has 0 radical (unpaired) electrons. The molecule has 0 aromatic heterocycles. The van der Waals surface area contributed by atoms with Crippen LogP contribution in [0.15, 0.2) is 76.0 Å². The van der Waals surface area contributed by atoms with E-state index in [1.807, 2.05) is 20.8 Å². The zero-order valence-corrected chi connectivity index (χ0v) is 34.3. The van der Waals surface area contributed by atoms with Crippen molar-refractivity contribution in [3.63, 3.8) is 0 Å². The summed E-state index contributed by atoms with van der Waals surface area (Å²) < 4.78 is 0. The first kappa shape index (κ1) is 43.0. The Morgan fingerprint density at radius 1 is 0.815 bits per heavy atom. The monoisotopic (exact) mass is 815 g/mol. The lowest BCUT2D eigenvalue weighted by Crippen LogP contribution is -2.50. The number of amides is 3. The van der Waals surface area contributed by atoms with Crippen molar-refractivity contribution in [2.75, 3.05) is 15.3 Å². The van der Waals surface area contributed by atoms with Crippen LogP contribution in [-0.4, -0.2) is 29.6 Å². The molecule has 1 heterocycles. The van der Waals surface area contributed by atoms with Gasteiger partial charge in [-0.2, -0.15) is 15.2 Å². The van der Waals surface area contributed by atoms with Crippen molar-refractivity contribution in [2.45, 2.75) is 111 Å². The largest absolute Gasteiger partial charge is 0.326 e. The predicted molar refractivity (Wildman–Crippen MR) is 222 cm³/mol. The standard InChI is InChI=1S/C40H49Cl4N7O3/c1-5-6-7-8-9-10-11-12-13-14-15-20-34(52)48-50(33-19-17-16-18-30(33)42)37-35(38(53)51(49-37)36-31(43)25-27(41)26-32(36)44)47-46-29-23-21-28(22-24-29)45-39(54)40(2,3)4/h16-19,21-26,35H,5-15,20H2,1-4H3,(H,45,54)(H,48,52). The summed E-state index contributed by atoms with van der Waals surface area (Å²) in [5, 5.41) is 19.4. The third-order valence-electron chi connectivity index (χ3n) is 8.74. The van der Waals surface area contributed by atoms with Gasteiger partial charge in [0, 0.05) is 22.5 Å². The number of anilines is 3. The molecule has 2 N–H and O–H groups in total. The van der Waals surface area contributed by atoms with Gasteiger partial charge in [-0.05, 0) is 55.0 Å². The van der Waals surface area contributed by atoms with Crippen LogP contribution in [0.1, 0.15) is 105 Å². The number of nitrogens with one attached hydrogen (secondary N) is 2. The second-order valence-electron chi connectivity index (χ2n) is 14.3. The van der Waals surface area contributed by atoms with E-state index in [1.165, 1.54) is 62.1 Å². The molecule has 14 heteroatoms. The van der Waals surface area contributed by atoms with E-state index in [0.717, 1.165) is 24.3 Å². The summed E-state index contributed by atoms with van der Waals surface area (Å²) in [4.78, 5) is 40.1. The molecule has 3 aromatic rings. The van der Waals surface area contributed by atoms with Crippen LogP contribution in [-0.2, 0) is 14.4 Å². The van der Waals surface area contributed by atoms with Crippen LogP contribution in [0.5, 0.6) is 0 Å². The Labute approximate surface area is 338 Å². The van der Waals surface area contributed by atoms with Gasteiger partial charge < -0.3 is 5.32 Å². The van der Waals surface area contributed by atoms with Gasteiger partial charge in [0.05, 0.1) is 26.4 Å². The van der Waals surface area contributed by atoms with Gasteiger partial charge in [0.1, 0.15) is 5.69 Å². The minimum absolute atomic E-state index is 0.0141. The SMILES string of the molecule is CCCCCCCCCCCCCC(=O)NN(C1=NN(c2c(Cl)cc(Cl)cc2Cl)C(=O)C1N=Nc1ccc(NC(=O)C(C)(C)C)cc1)c1ccccc1Cl.